The molecule has 0 aliphatic heterocycles. The lowest BCUT2D eigenvalue weighted by Gasteiger charge is -2.09. The Morgan fingerprint density at radius 2 is 1.24 bits per heavy atom. The van der Waals surface area contributed by atoms with Crippen LogP contribution in [0.2, 0.25) is 0 Å². The molecule has 0 aromatic heterocycles. The van der Waals surface area contributed by atoms with E-state index in [-0.39, 0.29) is 5.97 Å². The van der Waals surface area contributed by atoms with Gasteiger partial charge in [0.15, 0.2) is 5.75 Å². The molecule has 5 heteroatoms. The highest BCUT2D eigenvalue weighted by Crippen LogP contribution is 2.20. The zero-order chi connectivity index (χ0) is 23.6. The minimum Gasteiger partial charge on any atom is -0.494 e. The molecule has 182 valence electrons. The molecule has 2 aromatic rings. The van der Waals surface area contributed by atoms with Gasteiger partial charge in [0.25, 0.3) is 0 Å². The van der Waals surface area contributed by atoms with E-state index in [4.69, 9.17) is 19.2 Å². The Labute approximate surface area is 199 Å². The van der Waals surface area contributed by atoms with Crippen molar-refractivity contribution in [1.29, 1.82) is 0 Å². The van der Waals surface area contributed by atoms with Crippen molar-refractivity contribution < 1.29 is 24.0 Å². The predicted octanol–water partition coefficient (Wildman–Crippen LogP) is 7.81. The van der Waals surface area contributed by atoms with E-state index < -0.39 is 0 Å². The Balaban J connectivity index is 1.60. The van der Waals surface area contributed by atoms with Crippen LogP contribution in [0.1, 0.15) is 90.0 Å². The standard InChI is InChI=1S/C28H40O5/c1-3-5-7-9-11-13-28(29)32-26-18-20-27(21-19-26)33-31-23-24-14-16-25(17-15-24)30-22-12-10-8-6-4-2/h14-21H,3-13,22-23H2,1-2H3. The van der Waals surface area contributed by atoms with Gasteiger partial charge in [0, 0.05) is 6.42 Å². The molecule has 0 aliphatic rings. The van der Waals surface area contributed by atoms with Crippen LogP contribution in [0.25, 0.3) is 0 Å². The maximum atomic E-state index is 11.9. The minimum atomic E-state index is -0.194. The molecular weight excluding hydrogens is 416 g/mol. The summed E-state index contributed by atoms with van der Waals surface area (Å²) in [5.41, 5.74) is 0.995. The van der Waals surface area contributed by atoms with Gasteiger partial charge in [0.2, 0.25) is 0 Å². The van der Waals surface area contributed by atoms with E-state index in [0.29, 0.717) is 24.5 Å². The van der Waals surface area contributed by atoms with Crippen LogP contribution in [0.3, 0.4) is 0 Å². The monoisotopic (exact) mass is 456 g/mol. The molecule has 0 atom stereocenters. The fourth-order valence-electron chi connectivity index (χ4n) is 3.36. The lowest BCUT2D eigenvalue weighted by Crippen LogP contribution is -2.07. The molecule has 2 rings (SSSR count). The van der Waals surface area contributed by atoms with Gasteiger partial charge in [-0.1, -0.05) is 77.3 Å². The summed E-state index contributed by atoms with van der Waals surface area (Å²) in [6, 6.07) is 14.7. The second-order valence-corrected chi connectivity index (χ2v) is 8.36. The predicted molar refractivity (Wildman–Crippen MR) is 132 cm³/mol. The molecule has 0 heterocycles. The summed E-state index contributed by atoms with van der Waals surface area (Å²) in [6.07, 6.45) is 12.1. The van der Waals surface area contributed by atoms with Crippen LogP contribution >= 0.6 is 0 Å². The van der Waals surface area contributed by atoms with Crippen LogP contribution in [0, 0.1) is 0 Å². The number of benzene rings is 2. The number of esters is 1. The van der Waals surface area contributed by atoms with Crippen molar-refractivity contribution in [1.82, 2.24) is 0 Å². The van der Waals surface area contributed by atoms with Crippen LogP contribution in [0.5, 0.6) is 17.2 Å². The van der Waals surface area contributed by atoms with Gasteiger partial charge in [0.1, 0.15) is 18.1 Å². The number of carbonyl (C=O) groups excluding carboxylic acids is 1. The van der Waals surface area contributed by atoms with Crippen molar-refractivity contribution in [3.05, 3.63) is 54.1 Å². The fourth-order valence-corrected chi connectivity index (χ4v) is 3.36. The summed E-state index contributed by atoms with van der Waals surface area (Å²) >= 11 is 0. The van der Waals surface area contributed by atoms with Crippen molar-refractivity contribution in [2.24, 2.45) is 0 Å². The molecule has 0 aliphatic carbocycles. The minimum absolute atomic E-state index is 0.194. The molecule has 0 radical (unpaired) electrons. The van der Waals surface area contributed by atoms with Crippen LogP contribution in [-0.4, -0.2) is 12.6 Å². The fraction of sp³-hybridized carbons (Fsp3) is 0.536. The molecule has 2 aromatic carbocycles. The Morgan fingerprint density at radius 3 is 1.91 bits per heavy atom. The first-order valence-corrected chi connectivity index (χ1v) is 12.5. The molecule has 0 fully saturated rings. The van der Waals surface area contributed by atoms with E-state index in [1.807, 2.05) is 24.3 Å². The largest absolute Gasteiger partial charge is 0.494 e. The quantitative estimate of drug-likeness (QED) is 0.0752. The second-order valence-electron chi connectivity index (χ2n) is 8.36. The molecule has 33 heavy (non-hydrogen) atoms. The zero-order valence-electron chi connectivity index (χ0n) is 20.4. The number of hydrogen-bond acceptors (Lipinski definition) is 5. The third-order valence-electron chi connectivity index (χ3n) is 5.36. The Morgan fingerprint density at radius 1 is 0.667 bits per heavy atom. The Kier molecular flexibility index (Phi) is 13.8. The second kappa shape index (κ2) is 17.0. The van der Waals surface area contributed by atoms with Gasteiger partial charge in [0.05, 0.1) is 6.61 Å². The average molecular weight is 457 g/mol. The van der Waals surface area contributed by atoms with Gasteiger partial charge in [-0.3, -0.25) is 4.79 Å². The van der Waals surface area contributed by atoms with Crippen molar-refractivity contribution >= 4 is 5.97 Å². The lowest BCUT2D eigenvalue weighted by molar-refractivity contribution is -0.217. The number of carbonyl (C=O) groups is 1. The summed E-state index contributed by atoms with van der Waals surface area (Å²) in [7, 11) is 0. The summed E-state index contributed by atoms with van der Waals surface area (Å²) in [4.78, 5) is 22.6. The van der Waals surface area contributed by atoms with Gasteiger partial charge >= 0.3 is 5.97 Å². The van der Waals surface area contributed by atoms with E-state index in [9.17, 15) is 4.79 Å². The third kappa shape index (κ3) is 12.3. The van der Waals surface area contributed by atoms with Gasteiger partial charge in [-0.15, -0.1) is 0 Å². The van der Waals surface area contributed by atoms with E-state index in [2.05, 4.69) is 13.8 Å². The number of hydrogen-bond donors (Lipinski definition) is 0. The average Bonchev–Trinajstić information content (AvgIpc) is 2.83. The highest BCUT2D eigenvalue weighted by molar-refractivity contribution is 5.72. The molecule has 0 unspecified atom stereocenters. The van der Waals surface area contributed by atoms with E-state index >= 15 is 0 Å². The van der Waals surface area contributed by atoms with E-state index in [1.54, 1.807) is 24.3 Å². The lowest BCUT2D eigenvalue weighted by atomic mass is 10.1. The molecule has 0 bridgehead atoms. The first-order valence-electron chi connectivity index (χ1n) is 12.5. The first-order chi connectivity index (χ1) is 16.2. The van der Waals surface area contributed by atoms with Crippen molar-refractivity contribution in [2.45, 2.75) is 91.1 Å². The zero-order valence-corrected chi connectivity index (χ0v) is 20.4. The van der Waals surface area contributed by atoms with Crippen molar-refractivity contribution in [2.75, 3.05) is 6.61 Å². The van der Waals surface area contributed by atoms with Crippen LogP contribution in [-0.2, 0) is 16.3 Å². The molecule has 0 saturated carbocycles. The van der Waals surface area contributed by atoms with Crippen molar-refractivity contribution in [3.63, 3.8) is 0 Å². The van der Waals surface area contributed by atoms with Crippen LogP contribution in [0.4, 0.5) is 0 Å². The molecule has 0 spiro atoms. The molecule has 0 saturated heterocycles. The van der Waals surface area contributed by atoms with Gasteiger partial charge in [-0.05, 0) is 54.8 Å². The number of unbranched alkanes of at least 4 members (excludes halogenated alkanes) is 8. The highest BCUT2D eigenvalue weighted by atomic mass is 17.2. The maximum absolute atomic E-state index is 11.9. The van der Waals surface area contributed by atoms with Crippen molar-refractivity contribution in [3.8, 4) is 17.2 Å². The summed E-state index contributed by atoms with van der Waals surface area (Å²) in [6.45, 7) is 5.48. The normalized spacial score (nSPS) is 10.7. The first kappa shape index (κ1) is 26.7. The van der Waals surface area contributed by atoms with Gasteiger partial charge < -0.3 is 14.4 Å². The number of rotatable bonds is 18. The SMILES string of the molecule is CCCCCCCOc1ccc(COOc2ccc(OC(=O)CCCCCCC)cc2)cc1. The third-order valence-corrected chi connectivity index (χ3v) is 5.36. The Bertz CT molecular complexity index is 755. The number of ether oxygens (including phenoxy) is 2. The molecule has 0 amide bonds. The van der Waals surface area contributed by atoms with E-state index in [0.717, 1.165) is 37.2 Å². The highest BCUT2D eigenvalue weighted by Gasteiger charge is 2.06. The summed E-state index contributed by atoms with van der Waals surface area (Å²) in [5, 5.41) is 0. The van der Waals surface area contributed by atoms with E-state index in [1.165, 1.54) is 44.9 Å². The molecular formula is C28H40O5. The Hall–Kier alpha value is -2.53. The van der Waals surface area contributed by atoms with Crippen LogP contribution in [0.15, 0.2) is 48.5 Å². The molecule has 5 nitrogen and oxygen atoms in total. The molecule has 0 N–H and O–H groups in total. The smallest absolute Gasteiger partial charge is 0.311 e. The maximum Gasteiger partial charge on any atom is 0.311 e. The van der Waals surface area contributed by atoms with Gasteiger partial charge in [-0.2, -0.15) is 4.89 Å². The van der Waals surface area contributed by atoms with Crippen LogP contribution < -0.4 is 14.4 Å². The topological polar surface area (TPSA) is 54.0 Å². The van der Waals surface area contributed by atoms with Gasteiger partial charge in [-0.25, -0.2) is 0 Å². The summed E-state index contributed by atoms with van der Waals surface area (Å²) in [5.74, 6) is 1.75. The summed E-state index contributed by atoms with van der Waals surface area (Å²) < 4.78 is 11.1.